The predicted octanol–water partition coefficient (Wildman–Crippen LogP) is -0.0918. The van der Waals surface area contributed by atoms with Crippen molar-refractivity contribution < 1.29 is 18.5 Å². The Morgan fingerprint density at radius 1 is 1.24 bits per heavy atom. The Bertz CT molecular complexity index is 444. The largest absolute Gasteiger partial charge is 0.488 e. The van der Waals surface area contributed by atoms with Crippen molar-refractivity contribution in [1.29, 1.82) is 0 Å². The Labute approximate surface area is 102 Å². The minimum absolute atomic E-state index is 0.0911. The molecule has 0 radical (unpaired) electrons. The number of benzene rings is 1. The zero-order chi connectivity index (χ0) is 12.9. The second-order valence-corrected chi connectivity index (χ2v) is 5.61. The Kier molecular flexibility index (Phi) is 4.98. The third-order valence-electron chi connectivity index (χ3n) is 2.25. The van der Waals surface area contributed by atoms with Crippen LogP contribution in [0, 0.1) is 0 Å². The van der Waals surface area contributed by atoms with E-state index in [1.54, 1.807) is 0 Å². The molecule has 17 heavy (non-hydrogen) atoms. The summed E-state index contributed by atoms with van der Waals surface area (Å²) in [5.74, 6) is 0.0911. The molecule has 0 fully saturated rings. The minimum atomic E-state index is -3.30. The van der Waals surface area contributed by atoms with Crippen LogP contribution in [0.3, 0.4) is 0 Å². The molecule has 3 N–H and O–H groups in total. The SMILES string of the molecule is CCCCS(=O)(=O)Nc1ccc(B(O)O)cc1. The summed E-state index contributed by atoms with van der Waals surface area (Å²) in [5, 5.41) is 17.8. The van der Waals surface area contributed by atoms with Crippen molar-refractivity contribution in [2.75, 3.05) is 10.5 Å². The molecular weight excluding hydrogens is 241 g/mol. The van der Waals surface area contributed by atoms with E-state index in [0.29, 0.717) is 17.6 Å². The van der Waals surface area contributed by atoms with Crippen LogP contribution in [0.5, 0.6) is 0 Å². The van der Waals surface area contributed by atoms with Crippen LogP contribution in [0.1, 0.15) is 19.8 Å². The van der Waals surface area contributed by atoms with Gasteiger partial charge in [0.2, 0.25) is 10.0 Å². The maximum absolute atomic E-state index is 11.6. The molecule has 0 aliphatic heterocycles. The van der Waals surface area contributed by atoms with E-state index in [1.165, 1.54) is 24.3 Å². The van der Waals surface area contributed by atoms with Gasteiger partial charge in [-0.3, -0.25) is 4.72 Å². The van der Waals surface area contributed by atoms with Crippen molar-refractivity contribution in [2.45, 2.75) is 19.8 Å². The average molecular weight is 257 g/mol. The first-order valence-electron chi connectivity index (χ1n) is 5.41. The molecule has 0 aliphatic carbocycles. The van der Waals surface area contributed by atoms with Crippen molar-refractivity contribution >= 4 is 28.3 Å². The maximum atomic E-state index is 11.6. The lowest BCUT2D eigenvalue weighted by Crippen LogP contribution is -2.29. The van der Waals surface area contributed by atoms with Gasteiger partial charge in [0.25, 0.3) is 0 Å². The van der Waals surface area contributed by atoms with Crippen LogP contribution in [0.2, 0.25) is 0 Å². The van der Waals surface area contributed by atoms with Crippen molar-refractivity contribution in [3.05, 3.63) is 24.3 Å². The zero-order valence-electron chi connectivity index (χ0n) is 9.63. The number of rotatable bonds is 6. The van der Waals surface area contributed by atoms with Crippen molar-refractivity contribution in [3.63, 3.8) is 0 Å². The first-order valence-corrected chi connectivity index (χ1v) is 7.06. The van der Waals surface area contributed by atoms with Crippen LogP contribution < -0.4 is 10.2 Å². The number of nitrogens with one attached hydrogen (secondary N) is 1. The van der Waals surface area contributed by atoms with E-state index in [9.17, 15) is 8.42 Å². The summed E-state index contributed by atoms with van der Waals surface area (Å²) < 4.78 is 25.6. The van der Waals surface area contributed by atoms with Gasteiger partial charge in [-0.25, -0.2) is 8.42 Å². The van der Waals surface area contributed by atoms with E-state index in [2.05, 4.69) is 4.72 Å². The summed E-state index contributed by atoms with van der Waals surface area (Å²) in [5.41, 5.74) is 0.743. The van der Waals surface area contributed by atoms with E-state index in [0.717, 1.165) is 6.42 Å². The smallest absolute Gasteiger partial charge is 0.423 e. The molecule has 0 amide bonds. The summed E-state index contributed by atoms with van der Waals surface area (Å²) in [6.45, 7) is 1.92. The molecule has 0 spiro atoms. The number of sulfonamides is 1. The topological polar surface area (TPSA) is 86.6 Å². The molecule has 0 saturated heterocycles. The number of unbranched alkanes of at least 4 members (excludes halogenated alkanes) is 1. The summed E-state index contributed by atoms with van der Waals surface area (Å²) in [4.78, 5) is 0. The van der Waals surface area contributed by atoms with Crippen molar-refractivity contribution in [3.8, 4) is 0 Å². The minimum Gasteiger partial charge on any atom is -0.423 e. The maximum Gasteiger partial charge on any atom is 0.488 e. The van der Waals surface area contributed by atoms with Gasteiger partial charge >= 0.3 is 7.12 Å². The fourth-order valence-corrected chi connectivity index (χ4v) is 2.55. The van der Waals surface area contributed by atoms with Gasteiger partial charge in [-0.1, -0.05) is 25.5 Å². The molecule has 5 nitrogen and oxygen atoms in total. The van der Waals surface area contributed by atoms with Crippen LogP contribution in [-0.2, 0) is 10.0 Å². The molecule has 0 atom stereocenters. The summed E-state index contributed by atoms with van der Waals surface area (Å²) in [7, 11) is -4.85. The Hall–Kier alpha value is -1.05. The van der Waals surface area contributed by atoms with Gasteiger partial charge in [0.05, 0.1) is 5.75 Å². The van der Waals surface area contributed by atoms with Crippen LogP contribution in [0.15, 0.2) is 24.3 Å². The standard InChI is InChI=1S/C10H16BNO4S/c1-2-3-8-17(15,16)12-10-6-4-9(5-7-10)11(13)14/h4-7,12-14H,2-3,8H2,1H3. The monoisotopic (exact) mass is 257 g/mol. The lowest BCUT2D eigenvalue weighted by molar-refractivity contribution is 0.426. The fraction of sp³-hybridized carbons (Fsp3) is 0.400. The van der Waals surface area contributed by atoms with Crippen LogP contribution in [0.4, 0.5) is 5.69 Å². The van der Waals surface area contributed by atoms with Crippen LogP contribution in [0.25, 0.3) is 0 Å². The molecule has 1 aromatic carbocycles. The fourth-order valence-electron chi connectivity index (χ4n) is 1.29. The lowest BCUT2D eigenvalue weighted by Gasteiger charge is -2.08. The highest BCUT2D eigenvalue weighted by Crippen LogP contribution is 2.08. The third-order valence-corrected chi connectivity index (χ3v) is 3.62. The van der Waals surface area contributed by atoms with Gasteiger partial charge < -0.3 is 10.0 Å². The molecule has 0 aromatic heterocycles. The van der Waals surface area contributed by atoms with E-state index in [-0.39, 0.29) is 5.75 Å². The Morgan fingerprint density at radius 2 is 1.82 bits per heavy atom. The van der Waals surface area contributed by atoms with E-state index >= 15 is 0 Å². The number of hydrogen-bond donors (Lipinski definition) is 3. The normalized spacial score (nSPS) is 11.2. The van der Waals surface area contributed by atoms with Gasteiger partial charge in [-0.15, -0.1) is 0 Å². The molecule has 0 bridgehead atoms. The quantitative estimate of drug-likeness (QED) is 0.621. The molecule has 1 rings (SSSR count). The van der Waals surface area contributed by atoms with Crippen molar-refractivity contribution in [1.82, 2.24) is 0 Å². The average Bonchev–Trinajstić information content (AvgIpc) is 2.26. The highest BCUT2D eigenvalue weighted by molar-refractivity contribution is 7.92. The second-order valence-electron chi connectivity index (χ2n) is 3.77. The predicted molar refractivity (Wildman–Crippen MR) is 68.6 cm³/mol. The summed E-state index contributed by atoms with van der Waals surface area (Å²) >= 11 is 0. The van der Waals surface area contributed by atoms with E-state index in [1.807, 2.05) is 6.92 Å². The molecule has 1 aromatic rings. The Balaban J connectivity index is 2.69. The van der Waals surface area contributed by atoms with Crippen LogP contribution >= 0.6 is 0 Å². The zero-order valence-corrected chi connectivity index (χ0v) is 10.4. The molecule has 0 saturated carbocycles. The van der Waals surface area contributed by atoms with E-state index in [4.69, 9.17) is 10.0 Å². The molecule has 0 aliphatic rings. The van der Waals surface area contributed by atoms with Gasteiger partial charge in [-0.05, 0) is 24.0 Å². The molecule has 7 heteroatoms. The van der Waals surface area contributed by atoms with E-state index < -0.39 is 17.1 Å². The first kappa shape index (κ1) is 14.0. The van der Waals surface area contributed by atoms with Crippen LogP contribution in [-0.4, -0.2) is 31.3 Å². The Morgan fingerprint density at radius 3 is 2.29 bits per heavy atom. The number of anilines is 1. The molecule has 0 heterocycles. The number of hydrogen-bond acceptors (Lipinski definition) is 4. The highest BCUT2D eigenvalue weighted by atomic mass is 32.2. The molecule has 0 unspecified atom stereocenters. The first-order chi connectivity index (χ1) is 7.94. The molecular formula is C10H16BNO4S. The van der Waals surface area contributed by atoms with Gasteiger partial charge in [0.1, 0.15) is 0 Å². The lowest BCUT2D eigenvalue weighted by atomic mass is 9.80. The van der Waals surface area contributed by atoms with Crippen molar-refractivity contribution in [2.24, 2.45) is 0 Å². The molecule has 94 valence electrons. The highest BCUT2D eigenvalue weighted by Gasteiger charge is 2.12. The van der Waals surface area contributed by atoms with Gasteiger partial charge in [-0.2, -0.15) is 0 Å². The van der Waals surface area contributed by atoms with Gasteiger partial charge in [0.15, 0.2) is 0 Å². The van der Waals surface area contributed by atoms with Gasteiger partial charge in [0, 0.05) is 5.69 Å². The summed E-state index contributed by atoms with van der Waals surface area (Å²) in [6.07, 6.45) is 1.43. The third kappa shape index (κ3) is 4.76. The summed E-state index contributed by atoms with van der Waals surface area (Å²) in [6, 6.07) is 5.92. The second kappa shape index (κ2) is 6.04.